The Kier molecular flexibility index (Phi) is 6.64. The smallest absolute Gasteiger partial charge is 0.251 e. The molecule has 0 bridgehead atoms. The second kappa shape index (κ2) is 9.95. The van der Waals surface area contributed by atoms with Crippen LogP contribution < -0.4 is 10.1 Å². The zero-order valence-corrected chi connectivity index (χ0v) is 17.9. The lowest BCUT2D eigenvalue weighted by Crippen LogP contribution is -2.23. The minimum atomic E-state index is -0.151. The molecule has 1 aromatic heterocycles. The Morgan fingerprint density at radius 1 is 1.00 bits per heavy atom. The molecule has 156 valence electrons. The number of thioether (sulfide) groups is 1. The van der Waals surface area contributed by atoms with Crippen molar-refractivity contribution in [2.75, 3.05) is 7.11 Å². The van der Waals surface area contributed by atoms with Crippen molar-refractivity contribution >= 4 is 17.7 Å². The van der Waals surface area contributed by atoms with Crippen molar-refractivity contribution in [2.24, 2.45) is 0 Å². The van der Waals surface area contributed by atoms with E-state index in [-0.39, 0.29) is 12.5 Å². The van der Waals surface area contributed by atoms with Crippen molar-refractivity contribution in [1.82, 2.24) is 20.5 Å². The number of H-pyrrole nitrogens is 1. The van der Waals surface area contributed by atoms with Crippen molar-refractivity contribution in [2.45, 2.75) is 17.2 Å². The molecule has 2 N–H and O–H groups in total. The second-order valence-electron chi connectivity index (χ2n) is 6.82. The number of carbonyl (C=O) groups is 1. The predicted molar refractivity (Wildman–Crippen MR) is 122 cm³/mol. The Morgan fingerprint density at radius 2 is 1.74 bits per heavy atom. The molecule has 1 heterocycles. The van der Waals surface area contributed by atoms with Gasteiger partial charge in [0, 0.05) is 21.8 Å². The summed E-state index contributed by atoms with van der Waals surface area (Å²) >= 11 is 1.74. The van der Waals surface area contributed by atoms with E-state index in [1.807, 2.05) is 66.7 Å². The van der Waals surface area contributed by atoms with Gasteiger partial charge in [0.25, 0.3) is 5.91 Å². The fourth-order valence-corrected chi connectivity index (χ4v) is 3.81. The molecule has 6 nitrogen and oxygen atoms in total. The first-order valence-electron chi connectivity index (χ1n) is 9.82. The minimum absolute atomic E-state index is 0.151. The number of ether oxygens (including phenoxy) is 1. The van der Waals surface area contributed by atoms with E-state index in [1.54, 1.807) is 18.9 Å². The number of hydrogen-bond donors (Lipinski definition) is 2. The highest BCUT2D eigenvalue weighted by atomic mass is 32.2. The number of aromatic nitrogens is 3. The van der Waals surface area contributed by atoms with Gasteiger partial charge in [0.15, 0.2) is 5.82 Å². The lowest BCUT2D eigenvalue weighted by molar-refractivity contribution is 0.0950. The Balaban J connectivity index is 1.30. The van der Waals surface area contributed by atoms with Gasteiger partial charge < -0.3 is 10.1 Å². The van der Waals surface area contributed by atoms with Gasteiger partial charge in [-0.3, -0.25) is 9.89 Å². The van der Waals surface area contributed by atoms with Gasteiger partial charge in [-0.15, -0.1) is 11.8 Å². The van der Waals surface area contributed by atoms with E-state index in [2.05, 4.69) is 32.6 Å². The topological polar surface area (TPSA) is 79.9 Å². The Bertz CT molecular complexity index is 1130. The summed E-state index contributed by atoms with van der Waals surface area (Å²) in [5.41, 5.74) is 2.76. The zero-order chi connectivity index (χ0) is 21.5. The summed E-state index contributed by atoms with van der Waals surface area (Å²) in [6, 6.07) is 25.4. The normalized spacial score (nSPS) is 10.6. The second-order valence-corrected chi connectivity index (χ2v) is 7.86. The van der Waals surface area contributed by atoms with Crippen LogP contribution in [0.4, 0.5) is 0 Å². The fraction of sp³-hybridized carbons (Fsp3) is 0.125. The van der Waals surface area contributed by atoms with Crippen LogP contribution in [0.5, 0.6) is 5.75 Å². The maximum absolute atomic E-state index is 12.5. The molecular weight excluding hydrogens is 408 g/mol. The molecule has 3 aromatic carbocycles. The third-order valence-electron chi connectivity index (χ3n) is 4.66. The van der Waals surface area contributed by atoms with Crippen molar-refractivity contribution in [1.29, 1.82) is 0 Å². The molecule has 31 heavy (non-hydrogen) atoms. The molecule has 0 radical (unpaired) electrons. The average Bonchev–Trinajstić information content (AvgIpc) is 3.31. The van der Waals surface area contributed by atoms with Gasteiger partial charge in [0.1, 0.15) is 11.6 Å². The minimum Gasteiger partial charge on any atom is -0.497 e. The van der Waals surface area contributed by atoms with Gasteiger partial charge >= 0.3 is 0 Å². The van der Waals surface area contributed by atoms with Crippen LogP contribution in [0.25, 0.3) is 11.4 Å². The Labute approximate surface area is 185 Å². The fourth-order valence-electron chi connectivity index (χ4n) is 2.95. The molecular formula is C24H22N4O2S. The molecule has 0 atom stereocenters. The predicted octanol–water partition coefficient (Wildman–Crippen LogP) is 4.70. The number of hydrogen-bond acceptors (Lipinski definition) is 5. The molecule has 4 rings (SSSR count). The van der Waals surface area contributed by atoms with Gasteiger partial charge in [-0.25, -0.2) is 4.98 Å². The number of rotatable bonds is 8. The third-order valence-corrected chi connectivity index (χ3v) is 5.74. The molecule has 0 aliphatic rings. The van der Waals surface area contributed by atoms with Gasteiger partial charge in [-0.2, -0.15) is 5.10 Å². The Morgan fingerprint density at radius 3 is 2.45 bits per heavy atom. The molecule has 0 spiro atoms. The molecule has 0 unspecified atom stereocenters. The lowest BCUT2D eigenvalue weighted by Gasteiger charge is -2.05. The number of benzene rings is 3. The van der Waals surface area contributed by atoms with E-state index in [9.17, 15) is 4.79 Å². The highest BCUT2D eigenvalue weighted by Crippen LogP contribution is 2.23. The van der Waals surface area contributed by atoms with Crippen molar-refractivity contribution < 1.29 is 9.53 Å². The summed E-state index contributed by atoms with van der Waals surface area (Å²) in [5.74, 6) is 2.69. The maximum atomic E-state index is 12.5. The SMILES string of the molecule is COc1ccc(-c2n[nH]c(CNC(=O)c3ccc(SCc4ccccc4)cc3)n2)cc1. The first-order valence-corrected chi connectivity index (χ1v) is 10.8. The summed E-state index contributed by atoms with van der Waals surface area (Å²) in [7, 11) is 1.62. The number of amides is 1. The molecule has 0 aliphatic carbocycles. The number of nitrogens with zero attached hydrogens (tertiary/aromatic N) is 2. The third kappa shape index (κ3) is 5.52. The number of aromatic amines is 1. The number of carbonyl (C=O) groups excluding carboxylic acids is 1. The number of nitrogens with one attached hydrogen (secondary N) is 2. The van der Waals surface area contributed by atoms with E-state index in [1.165, 1.54) is 5.56 Å². The van der Waals surface area contributed by atoms with Crippen molar-refractivity contribution in [3.63, 3.8) is 0 Å². The van der Waals surface area contributed by atoms with Gasteiger partial charge in [0.2, 0.25) is 0 Å². The van der Waals surface area contributed by atoms with Gasteiger partial charge in [0.05, 0.1) is 13.7 Å². The highest BCUT2D eigenvalue weighted by Gasteiger charge is 2.09. The largest absolute Gasteiger partial charge is 0.497 e. The van der Waals surface area contributed by atoms with Gasteiger partial charge in [-0.05, 0) is 54.1 Å². The van der Waals surface area contributed by atoms with Crippen molar-refractivity contribution in [3.05, 3.63) is 95.8 Å². The first-order chi connectivity index (χ1) is 15.2. The van der Waals surface area contributed by atoms with Crippen LogP contribution in [0.1, 0.15) is 21.7 Å². The molecule has 4 aromatic rings. The molecule has 0 fully saturated rings. The van der Waals surface area contributed by atoms with Crippen LogP contribution in [-0.4, -0.2) is 28.2 Å². The lowest BCUT2D eigenvalue weighted by atomic mass is 10.2. The summed E-state index contributed by atoms with van der Waals surface area (Å²) in [6.45, 7) is 0.270. The first kappa shape index (κ1) is 20.7. The molecule has 0 saturated heterocycles. The monoisotopic (exact) mass is 430 g/mol. The van der Waals surface area contributed by atoms with Crippen LogP contribution in [0.2, 0.25) is 0 Å². The zero-order valence-electron chi connectivity index (χ0n) is 17.0. The molecule has 0 aliphatic heterocycles. The van der Waals surface area contributed by atoms with E-state index in [4.69, 9.17) is 4.74 Å². The molecule has 1 amide bonds. The molecule has 0 saturated carbocycles. The van der Waals surface area contributed by atoms with Crippen molar-refractivity contribution in [3.8, 4) is 17.1 Å². The quantitative estimate of drug-likeness (QED) is 0.396. The summed E-state index contributed by atoms with van der Waals surface area (Å²) < 4.78 is 5.16. The van der Waals surface area contributed by atoms with E-state index in [0.29, 0.717) is 17.2 Å². The van der Waals surface area contributed by atoms with Crippen LogP contribution in [0.3, 0.4) is 0 Å². The van der Waals surface area contributed by atoms with Crippen LogP contribution in [0.15, 0.2) is 83.8 Å². The van der Waals surface area contributed by atoms with Crippen LogP contribution in [0, 0.1) is 0 Å². The summed E-state index contributed by atoms with van der Waals surface area (Å²) in [5, 5.41) is 9.97. The Hall–Kier alpha value is -3.58. The van der Waals surface area contributed by atoms with Crippen LogP contribution >= 0.6 is 11.8 Å². The summed E-state index contributed by atoms with van der Waals surface area (Å²) in [4.78, 5) is 18.0. The van der Waals surface area contributed by atoms with E-state index < -0.39 is 0 Å². The number of methoxy groups -OCH3 is 1. The standard InChI is InChI=1S/C24H22N4O2S/c1-30-20-11-7-18(8-12-20)23-26-22(27-28-23)15-25-24(29)19-9-13-21(14-10-19)31-16-17-5-3-2-4-6-17/h2-14H,15-16H2,1H3,(H,25,29)(H,26,27,28). The maximum Gasteiger partial charge on any atom is 0.251 e. The molecule has 7 heteroatoms. The van der Waals surface area contributed by atoms with Crippen LogP contribution in [-0.2, 0) is 12.3 Å². The van der Waals surface area contributed by atoms with Gasteiger partial charge in [-0.1, -0.05) is 30.3 Å². The van der Waals surface area contributed by atoms with E-state index >= 15 is 0 Å². The summed E-state index contributed by atoms with van der Waals surface area (Å²) in [6.07, 6.45) is 0. The van der Waals surface area contributed by atoms with E-state index in [0.717, 1.165) is 22.0 Å². The highest BCUT2D eigenvalue weighted by molar-refractivity contribution is 7.98. The average molecular weight is 431 g/mol.